The van der Waals surface area contributed by atoms with Gasteiger partial charge in [0.05, 0.1) is 36.3 Å². The Kier molecular flexibility index (Phi) is 15.5. The van der Waals surface area contributed by atoms with Crippen LogP contribution < -0.4 is 10.6 Å². The van der Waals surface area contributed by atoms with Crippen LogP contribution >= 0.6 is 0 Å². The quantitative estimate of drug-likeness (QED) is 0.0783. The maximum absolute atomic E-state index is 15.8. The van der Waals surface area contributed by atoms with Gasteiger partial charge in [-0.2, -0.15) is 0 Å². The molecule has 2 aliphatic heterocycles. The Hall–Kier alpha value is -8.99. The van der Waals surface area contributed by atoms with Gasteiger partial charge < -0.3 is 33.9 Å². The highest BCUT2D eigenvalue weighted by molar-refractivity contribution is 5.75. The first kappa shape index (κ1) is 59.3. The standard InChI is InChI=1S/C71H75F2N7O8/c1-67(2,3)48-12-10-14-50(38-48)70(32-33-70)78-42-60(84-64(78)81)56(36-44-16-28-54(29-17-44)74-62-40-58(87-76-62)46-20-24-52(72)25-21-46)80(66(83)86-69(7,8)9)57(61-43-79(65(82)85-61)71(34-35-71)51-15-11-13-49(39-51)68(4,5)6)37-45-18-30-55(31-19-45)75-63-41-59(88-77-63)47-22-26-53(73)27-23-47/h10-31,38-41,56-57,60-61H,32-37,42-43H2,1-9H3,(H,74,76)(H,75,77). The molecule has 15 nitrogen and oxygen atoms in total. The molecule has 456 valence electrons. The van der Waals surface area contributed by atoms with Crippen molar-refractivity contribution < 1.29 is 46.4 Å². The Morgan fingerprint density at radius 2 is 0.955 bits per heavy atom. The maximum Gasteiger partial charge on any atom is 0.411 e. The van der Waals surface area contributed by atoms with Crippen LogP contribution in [0.2, 0.25) is 0 Å². The number of ether oxygens (including phenoxy) is 3. The van der Waals surface area contributed by atoms with Gasteiger partial charge in [-0.05, 0) is 176 Å². The second-order valence-electron chi connectivity index (χ2n) is 27.0. The highest BCUT2D eigenvalue weighted by atomic mass is 19.1. The summed E-state index contributed by atoms with van der Waals surface area (Å²) in [5.74, 6) is 1.09. The number of nitrogens with one attached hydrogen (secondary N) is 2. The molecule has 0 spiro atoms. The zero-order valence-electron chi connectivity index (χ0n) is 51.2. The molecular weight excluding hydrogens is 1120 g/mol. The topological polar surface area (TPSA) is 165 Å². The van der Waals surface area contributed by atoms with Crippen molar-refractivity contribution in [1.82, 2.24) is 25.0 Å². The van der Waals surface area contributed by atoms with Crippen molar-refractivity contribution >= 4 is 41.3 Å². The SMILES string of the molecule is CC(C)(C)OC(=O)N(C(Cc1ccc(Nc2cc(-c3ccc(F)cc3)on2)cc1)C1CN(C2(c3cccc(C(C)(C)C)c3)CC2)C(=O)O1)C(Cc1ccc(Nc2cc(-c3ccc(F)cc3)on2)cc1)C1CN(C2(c3cccc(C(C)(C)C)c3)CC2)C(=O)O1. The van der Waals surface area contributed by atoms with E-state index in [2.05, 4.69) is 111 Å². The number of aromatic nitrogens is 2. The Morgan fingerprint density at radius 3 is 1.31 bits per heavy atom. The highest BCUT2D eigenvalue weighted by Crippen LogP contribution is 2.55. The molecule has 4 heterocycles. The number of hydrogen-bond donors (Lipinski definition) is 2. The van der Waals surface area contributed by atoms with Gasteiger partial charge in [0.15, 0.2) is 23.2 Å². The maximum atomic E-state index is 15.8. The first-order valence-corrected chi connectivity index (χ1v) is 30.3. The predicted octanol–water partition coefficient (Wildman–Crippen LogP) is 16.1. The number of rotatable bonds is 18. The van der Waals surface area contributed by atoms with E-state index in [-0.39, 0.29) is 48.4 Å². The lowest BCUT2D eigenvalue weighted by atomic mass is 9.85. The number of anilines is 4. The van der Waals surface area contributed by atoms with Gasteiger partial charge >= 0.3 is 18.3 Å². The van der Waals surface area contributed by atoms with E-state index in [1.807, 2.05) is 79.1 Å². The van der Waals surface area contributed by atoms with Crippen molar-refractivity contribution in [3.8, 4) is 22.6 Å². The summed E-state index contributed by atoms with van der Waals surface area (Å²) >= 11 is 0. The first-order valence-electron chi connectivity index (χ1n) is 30.3. The predicted molar refractivity (Wildman–Crippen MR) is 332 cm³/mol. The van der Waals surface area contributed by atoms with Crippen molar-refractivity contribution in [3.05, 3.63) is 203 Å². The Labute approximate surface area is 512 Å². The van der Waals surface area contributed by atoms with Crippen LogP contribution in [0.25, 0.3) is 22.6 Å². The van der Waals surface area contributed by atoms with Gasteiger partial charge in [-0.3, -0.25) is 14.7 Å². The molecule has 12 rings (SSSR count). The Morgan fingerprint density at radius 1 is 0.568 bits per heavy atom. The van der Waals surface area contributed by atoms with Crippen LogP contribution in [0.4, 0.5) is 46.2 Å². The van der Waals surface area contributed by atoms with E-state index in [1.54, 1.807) is 41.3 Å². The summed E-state index contributed by atoms with van der Waals surface area (Å²) in [5, 5.41) is 15.1. The number of halogens is 2. The van der Waals surface area contributed by atoms with E-state index in [0.29, 0.717) is 45.7 Å². The van der Waals surface area contributed by atoms with E-state index in [0.717, 1.165) is 59.1 Å². The van der Waals surface area contributed by atoms with Crippen LogP contribution in [0.15, 0.2) is 167 Å². The monoisotopic (exact) mass is 1190 g/mol. The van der Waals surface area contributed by atoms with Gasteiger partial charge in [-0.15, -0.1) is 0 Å². The molecule has 4 unspecified atom stereocenters. The number of carbonyl (C=O) groups is 3. The molecule has 2 saturated carbocycles. The van der Waals surface area contributed by atoms with Crippen LogP contribution in [-0.2, 0) is 49.0 Å². The molecule has 88 heavy (non-hydrogen) atoms. The van der Waals surface area contributed by atoms with Crippen LogP contribution in [0.3, 0.4) is 0 Å². The highest BCUT2D eigenvalue weighted by Gasteiger charge is 2.60. The van der Waals surface area contributed by atoms with Gasteiger partial charge in [0.2, 0.25) is 0 Å². The van der Waals surface area contributed by atoms with Crippen LogP contribution in [0, 0.1) is 11.6 Å². The Balaban J connectivity index is 0.922. The van der Waals surface area contributed by atoms with Crippen LogP contribution in [0.1, 0.15) is 121 Å². The fraction of sp³-hybridized carbons (Fsp3) is 0.366. The van der Waals surface area contributed by atoms with E-state index in [4.69, 9.17) is 23.3 Å². The van der Waals surface area contributed by atoms with Crippen molar-refractivity contribution in [2.45, 2.75) is 153 Å². The lowest BCUT2D eigenvalue weighted by molar-refractivity contribution is -0.0345. The lowest BCUT2D eigenvalue weighted by Gasteiger charge is -2.42. The molecule has 0 radical (unpaired) electrons. The van der Waals surface area contributed by atoms with Crippen molar-refractivity contribution in [3.63, 3.8) is 0 Å². The third kappa shape index (κ3) is 12.6. The summed E-state index contributed by atoms with van der Waals surface area (Å²) in [7, 11) is 0. The van der Waals surface area contributed by atoms with Crippen LogP contribution in [-0.4, -0.2) is 86.3 Å². The third-order valence-corrected chi connectivity index (χ3v) is 17.5. The number of cyclic esters (lactones) is 2. The smallest absolute Gasteiger partial charge is 0.411 e. The summed E-state index contributed by atoms with van der Waals surface area (Å²) in [6.45, 7) is 18.8. The van der Waals surface area contributed by atoms with E-state index < -0.39 is 59.3 Å². The molecule has 8 aromatic rings. The molecular formula is C71H75F2N7O8. The van der Waals surface area contributed by atoms with E-state index in [1.165, 1.54) is 24.3 Å². The van der Waals surface area contributed by atoms with Gasteiger partial charge in [0.1, 0.15) is 29.4 Å². The molecule has 6 aromatic carbocycles. The summed E-state index contributed by atoms with van der Waals surface area (Å²) < 4.78 is 58.6. The third-order valence-electron chi connectivity index (χ3n) is 17.5. The number of carbonyl (C=O) groups excluding carboxylic acids is 3. The summed E-state index contributed by atoms with van der Waals surface area (Å²) in [6.07, 6.45) is -0.0498. The molecule has 2 saturated heterocycles. The van der Waals surface area contributed by atoms with Gasteiger partial charge in [-0.25, -0.2) is 23.2 Å². The molecule has 4 atom stereocenters. The van der Waals surface area contributed by atoms with E-state index in [9.17, 15) is 18.4 Å². The molecule has 2 aromatic heterocycles. The number of amides is 3. The molecule has 2 aliphatic carbocycles. The molecule has 4 aliphatic rings. The first-order chi connectivity index (χ1) is 41.9. The average Bonchev–Trinajstić information content (AvgIpc) is 1.60. The summed E-state index contributed by atoms with van der Waals surface area (Å²) in [4.78, 5) is 51.0. The lowest BCUT2D eigenvalue weighted by Crippen LogP contribution is -2.60. The minimum Gasteiger partial charge on any atom is -0.444 e. The minimum atomic E-state index is -0.983. The molecule has 0 bridgehead atoms. The summed E-state index contributed by atoms with van der Waals surface area (Å²) in [6, 6.07) is 46.0. The number of hydrogen-bond acceptors (Lipinski definition) is 12. The second-order valence-corrected chi connectivity index (χ2v) is 27.0. The van der Waals surface area contributed by atoms with Crippen molar-refractivity contribution in [1.29, 1.82) is 0 Å². The number of benzene rings is 6. The van der Waals surface area contributed by atoms with Gasteiger partial charge in [0, 0.05) is 34.6 Å². The normalized spacial score (nSPS) is 18.5. The number of nitrogens with zero attached hydrogens (tertiary/aromatic N) is 5. The average molecular weight is 1190 g/mol. The van der Waals surface area contributed by atoms with Crippen molar-refractivity contribution in [2.24, 2.45) is 0 Å². The van der Waals surface area contributed by atoms with Gasteiger partial charge in [0.25, 0.3) is 0 Å². The fourth-order valence-electron chi connectivity index (χ4n) is 12.3. The zero-order valence-corrected chi connectivity index (χ0v) is 51.2. The molecule has 3 amide bonds. The zero-order chi connectivity index (χ0) is 61.9. The minimum absolute atomic E-state index is 0.139. The molecule has 2 N–H and O–H groups in total. The van der Waals surface area contributed by atoms with Crippen molar-refractivity contribution in [2.75, 3.05) is 23.7 Å². The Bertz CT molecular complexity index is 3600. The molecule has 4 fully saturated rings. The second kappa shape index (κ2) is 22.9. The fourth-order valence-corrected chi connectivity index (χ4v) is 12.3. The van der Waals surface area contributed by atoms with E-state index >= 15 is 4.79 Å². The largest absolute Gasteiger partial charge is 0.444 e. The molecule has 17 heteroatoms. The van der Waals surface area contributed by atoms with Crippen LogP contribution in [0.5, 0.6) is 0 Å². The van der Waals surface area contributed by atoms with Gasteiger partial charge in [-0.1, -0.05) is 125 Å². The summed E-state index contributed by atoms with van der Waals surface area (Å²) in [5.41, 5.74) is 6.24.